The second-order valence-electron chi connectivity index (χ2n) is 8.93. The largest absolute Gasteiger partial charge is 0.378 e. The molecule has 2 fully saturated rings. The first-order chi connectivity index (χ1) is 18.4. The van der Waals surface area contributed by atoms with Gasteiger partial charge in [0.2, 0.25) is 10.0 Å². The van der Waals surface area contributed by atoms with E-state index in [0.29, 0.717) is 30.3 Å². The topological polar surface area (TPSA) is 124 Å². The number of anilines is 2. The molecular formula is C25H30N6O5S2. The van der Waals surface area contributed by atoms with Gasteiger partial charge in [-0.2, -0.15) is 4.31 Å². The van der Waals surface area contributed by atoms with E-state index >= 15 is 0 Å². The summed E-state index contributed by atoms with van der Waals surface area (Å²) in [6.07, 6.45) is 1.40. The van der Waals surface area contributed by atoms with Crippen molar-refractivity contribution in [2.24, 2.45) is 0 Å². The highest BCUT2D eigenvalue weighted by Crippen LogP contribution is 2.36. The first-order valence-electron chi connectivity index (χ1n) is 12.5. The summed E-state index contributed by atoms with van der Waals surface area (Å²) < 4.78 is 34.2. The Balaban J connectivity index is 1.29. The third-order valence-corrected chi connectivity index (χ3v) is 9.56. The third kappa shape index (κ3) is 5.32. The average molecular weight is 559 g/mol. The molecule has 0 radical (unpaired) electrons. The number of benzene rings is 1. The van der Waals surface area contributed by atoms with Gasteiger partial charge in [-0.1, -0.05) is 18.2 Å². The Hall–Kier alpha value is -3.26. The summed E-state index contributed by atoms with van der Waals surface area (Å²) in [7, 11) is -3.75. The highest BCUT2D eigenvalue weighted by atomic mass is 32.2. The van der Waals surface area contributed by atoms with Crippen molar-refractivity contribution >= 4 is 54.2 Å². The first-order valence-corrected chi connectivity index (χ1v) is 14.8. The summed E-state index contributed by atoms with van der Waals surface area (Å²) >= 11 is 1.34. The molecule has 1 aromatic carbocycles. The van der Waals surface area contributed by atoms with Crippen molar-refractivity contribution < 1.29 is 22.7 Å². The number of hydrogen-bond acceptors (Lipinski definition) is 8. The smallest absolute Gasteiger partial charge is 0.319 e. The predicted octanol–water partition coefficient (Wildman–Crippen LogP) is 2.42. The Labute approximate surface area is 225 Å². The molecule has 2 aromatic heterocycles. The molecule has 38 heavy (non-hydrogen) atoms. The van der Waals surface area contributed by atoms with Crippen molar-refractivity contribution in [3.8, 4) is 0 Å². The lowest BCUT2D eigenvalue weighted by Crippen LogP contribution is -2.50. The van der Waals surface area contributed by atoms with Gasteiger partial charge in [0.25, 0.3) is 5.91 Å². The summed E-state index contributed by atoms with van der Waals surface area (Å²) in [6.45, 7) is 5.76. The number of ether oxygens (including phenoxy) is 1. The second kappa shape index (κ2) is 11.2. The Morgan fingerprint density at radius 2 is 1.76 bits per heavy atom. The van der Waals surface area contributed by atoms with E-state index in [2.05, 4.69) is 20.5 Å². The van der Waals surface area contributed by atoms with Crippen LogP contribution in [0.1, 0.15) is 17.3 Å². The van der Waals surface area contributed by atoms with Gasteiger partial charge >= 0.3 is 6.03 Å². The molecule has 0 spiro atoms. The first kappa shape index (κ1) is 26.4. The number of carbonyl (C=O) groups excluding carboxylic acids is 2. The quantitative estimate of drug-likeness (QED) is 0.476. The van der Waals surface area contributed by atoms with Crippen LogP contribution in [-0.4, -0.2) is 93.6 Å². The number of amides is 3. The molecule has 0 unspecified atom stereocenters. The Morgan fingerprint density at radius 3 is 2.45 bits per heavy atom. The van der Waals surface area contributed by atoms with Crippen molar-refractivity contribution in [3.05, 3.63) is 48.2 Å². The number of sulfonamides is 1. The van der Waals surface area contributed by atoms with E-state index in [1.807, 2.05) is 31.2 Å². The standard InChI is InChI=1S/C25H30N6O5S2/c1-2-26-25(33)28-23-22(19-5-3-4-6-20(19)37-23)24(32)30-9-11-31(12-10-30)38(34,35)18-7-8-21(27-17-18)29-13-15-36-16-14-29/h3-8,17H,2,9-16H2,1H3,(H2,26,28,33). The minimum absolute atomic E-state index is 0.131. The van der Waals surface area contributed by atoms with Gasteiger partial charge in [0.1, 0.15) is 15.7 Å². The van der Waals surface area contributed by atoms with E-state index < -0.39 is 10.0 Å². The summed E-state index contributed by atoms with van der Waals surface area (Å²) in [5.74, 6) is 0.491. The number of aromatic nitrogens is 1. The monoisotopic (exact) mass is 558 g/mol. The van der Waals surface area contributed by atoms with Crippen LogP contribution in [0.5, 0.6) is 0 Å². The number of nitrogens with one attached hydrogen (secondary N) is 2. The van der Waals surface area contributed by atoms with Crippen LogP contribution in [0.15, 0.2) is 47.5 Å². The van der Waals surface area contributed by atoms with Gasteiger partial charge < -0.3 is 19.9 Å². The molecule has 0 aliphatic carbocycles. The number of urea groups is 1. The Kier molecular flexibility index (Phi) is 7.79. The summed E-state index contributed by atoms with van der Waals surface area (Å²) in [5.41, 5.74) is 0.427. The molecule has 11 nitrogen and oxygen atoms in total. The van der Waals surface area contributed by atoms with E-state index in [0.717, 1.165) is 29.0 Å². The summed E-state index contributed by atoms with van der Waals surface area (Å²) in [5, 5.41) is 6.73. The van der Waals surface area contributed by atoms with Crippen molar-refractivity contribution in [2.45, 2.75) is 11.8 Å². The van der Waals surface area contributed by atoms with Gasteiger partial charge in [-0.05, 0) is 25.1 Å². The summed E-state index contributed by atoms with van der Waals surface area (Å²) in [6, 6.07) is 10.4. The number of rotatable bonds is 6. The van der Waals surface area contributed by atoms with Crippen molar-refractivity contribution in [1.29, 1.82) is 0 Å². The van der Waals surface area contributed by atoms with Gasteiger partial charge in [0, 0.05) is 62.1 Å². The van der Waals surface area contributed by atoms with Crippen LogP contribution in [0.3, 0.4) is 0 Å². The molecule has 2 aliphatic heterocycles. The van der Waals surface area contributed by atoms with Crippen LogP contribution in [0.4, 0.5) is 15.6 Å². The average Bonchev–Trinajstić information content (AvgIpc) is 3.31. The van der Waals surface area contributed by atoms with Gasteiger partial charge in [0.15, 0.2) is 0 Å². The fraction of sp³-hybridized carbons (Fsp3) is 0.400. The van der Waals surface area contributed by atoms with Crippen LogP contribution < -0.4 is 15.5 Å². The Bertz CT molecular complexity index is 1410. The van der Waals surface area contributed by atoms with Crippen LogP contribution >= 0.6 is 11.3 Å². The number of pyridine rings is 1. The number of nitrogens with zero attached hydrogens (tertiary/aromatic N) is 4. The molecule has 3 amide bonds. The Morgan fingerprint density at radius 1 is 1.03 bits per heavy atom. The molecule has 2 saturated heterocycles. The van der Waals surface area contributed by atoms with Gasteiger partial charge in [-0.15, -0.1) is 11.3 Å². The normalized spacial score (nSPS) is 17.0. The second-order valence-corrected chi connectivity index (χ2v) is 11.9. The molecule has 202 valence electrons. The minimum Gasteiger partial charge on any atom is -0.378 e. The molecular weight excluding hydrogens is 528 g/mol. The van der Waals surface area contributed by atoms with Crippen LogP contribution in [0.2, 0.25) is 0 Å². The highest BCUT2D eigenvalue weighted by Gasteiger charge is 2.33. The van der Waals surface area contributed by atoms with Crippen molar-refractivity contribution in [1.82, 2.24) is 19.5 Å². The highest BCUT2D eigenvalue weighted by molar-refractivity contribution is 7.89. The van der Waals surface area contributed by atoms with Crippen molar-refractivity contribution in [2.75, 3.05) is 69.2 Å². The maximum absolute atomic E-state index is 13.6. The number of carbonyl (C=O) groups is 2. The van der Waals surface area contributed by atoms with E-state index in [-0.39, 0.29) is 43.0 Å². The van der Waals surface area contributed by atoms with Gasteiger partial charge in [0.05, 0.1) is 18.8 Å². The van der Waals surface area contributed by atoms with Crippen LogP contribution in [0.25, 0.3) is 10.1 Å². The number of piperazine rings is 1. The molecule has 2 N–H and O–H groups in total. The van der Waals surface area contributed by atoms with Gasteiger partial charge in [-0.3, -0.25) is 10.1 Å². The number of morpholine rings is 1. The van der Waals surface area contributed by atoms with E-state index in [4.69, 9.17) is 4.74 Å². The molecule has 4 heterocycles. The lowest BCUT2D eigenvalue weighted by atomic mass is 10.1. The zero-order valence-electron chi connectivity index (χ0n) is 21.1. The predicted molar refractivity (Wildman–Crippen MR) is 146 cm³/mol. The molecule has 3 aromatic rings. The lowest BCUT2D eigenvalue weighted by Gasteiger charge is -2.34. The third-order valence-electron chi connectivity index (χ3n) is 6.59. The maximum atomic E-state index is 13.6. The van der Waals surface area contributed by atoms with E-state index in [1.165, 1.54) is 21.8 Å². The number of hydrogen-bond donors (Lipinski definition) is 2. The van der Waals surface area contributed by atoms with Gasteiger partial charge in [-0.25, -0.2) is 18.2 Å². The van der Waals surface area contributed by atoms with Crippen LogP contribution in [0, 0.1) is 0 Å². The molecule has 2 aliphatic rings. The molecule has 13 heteroatoms. The van der Waals surface area contributed by atoms with Crippen LogP contribution in [-0.2, 0) is 14.8 Å². The summed E-state index contributed by atoms with van der Waals surface area (Å²) in [4.78, 5) is 34.0. The van der Waals surface area contributed by atoms with E-state index in [9.17, 15) is 18.0 Å². The maximum Gasteiger partial charge on any atom is 0.319 e. The number of thiophene rings is 1. The fourth-order valence-corrected chi connectivity index (χ4v) is 7.05. The molecule has 0 saturated carbocycles. The molecule has 0 bridgehead atoms. The number of fused-ring (bicyclic) bond motifs is 1. The fourth-order valence-electron chi connectivity index (χ4n) is 4.60. The zero-order chi connectivity index (χ0) is 26.7. The molecule has 5 rings (SSSR count). The SMILES string of the molecule is CCNC(=O)Nc1sc2ccccc2c1C(=O)N1CCN(S(=O)(=O)c2ccc(N3CCOCC3)nc2)CC1. The van der Waals surface area contributed by atoms with E-state index in [1.54, 1.807) is 17.0 Å². The molecule has 0 atom stereocenters. The zero-order valence-corrected chi connectivity index (χ0v) is 22.7. The lowest BCUT2D eigenvalue weighted by molar-refractivity contribution is 0.0701. The minimum atomic E-state index is -3.75. The van der Waals surface area contributed by atoms with Crippen molar-refractivity contribution in [3.63, 3.8) is 0 Å².